The highest BCUT2D eigenvalue weighted by molar-refractivity contribution is 7.69. The number of ether oxygens (including phenoxy) is 1. The van der Waals surface area contributed by atoms with Gasteiger partial charge < -0.3 is 4.74 Å². The Morgan fingerprint density at radius 2 is 1.87 bits per heavy atom. The van der Waals surface area contributed by atoms with Crippen LogP contribution in [0.1, 0.15) is 21.6 Å². The van der Waals surface area contributed by atoms with Crippen molar-refractivity contribution in [1.29, 1.82) is 0 Å². The number of hydrogen-bond acceptors (Lipinski definition) is 5. The second-order valence-corrected chi connectivity index (χ2v) is 6.19. The van der Waals surface area contributed by atoms with Crippen molar-refractivity contribution in [2.24, 2.45) is 0 Å². The van der Waals surface area contributed by atoms with Crippen LogP contribution in [0.15, 0.2) is 42.6 Å². The lowest BCUT2D eigenvalue weighted by Gasteiger charge is -2.15. The van der Waals surface area contributed by atoms with Crippen LogP contribution in [-0.4, -0.2) is 30.8 Å². The molecule has 0 N–H and O–H groups in total. The van der Waals surface area contributed by atoms with Crippen LogP contribution in [0.3, 0.4) is 0 Å². The fraction of sp³-hybridized carbons (Fsp3) is 0.200. The summed E-state index contributed by atoms with van der Waals surface area (Å²) >= 11 is 5.76. The molecular formula is C15H15ClN2O4S. The first kappa shape index (κ1) is 17.4. The molecule has 1 heterocycles. The van der Waals surface area contributed by atoms with Crippen molar-refractivity contribution < 1.29 is 17.9 Å². The maximum Gasteiger partial charge on any atom is 0.337 e. The molecule has 0 unspecified atom stereocenters. The summed E-state index contributed by atoms with van der Waals surface area (Å²) in [7, 11) is -1.47. The van der Waals surface area contributed by atoms with E-state index in [1.807, 2.05) is 0 Å². The van der Waals surface area contributed by atoms with Gasteiger partial charge in [0.15, 0.2) is 0 Å². The second kappa shape index (κ2) is 8.05. The molecule has 2 aromatic rings. The molecule has 122 valence electrons. The van der Waals surface area contributed by atoms with Gasteiger partial charge in [0, 0.05) is 12.7 Å². The fourth-order valence-corrected chi connectivity index (χ4v) is 2.58. The summed E-state index contributed by atoms with van der Waals surface area (Å²) in [6.45, 7) is 0.332. The minimum absolute atomic E-state index is 0.147. The zero-order valence-corrected chi connectivity index (χ0v) is 14.0. The number of pyridine rings is 1. The summed E-state index contributed by atoms with van der Waals surface area (Å²) in [6, 6.07) is 9.90. The number of carbonyl (C=O) groups excluding carboxylic acids is 1. The minimum atomic E-state index is -2.77. The third-order valence-electron chi connectivity index (χ3n) is 3.10. The summed E-state index contributed by atoms with van der Waals surface area (Å²) in [5, 5.41) is 0.491. The quantitative estimate of drug-likeness (QED) is 0.634. The highest BCUT2D eigenvalue weighted by atomic mass is 35.5. The number of esters is 1. The SMILES string of the molecule is COC(=O)c1ccc(CN(Cc2ccc(Cl)cn2)[SH](=O)=O)cc1. The maximum absolute atomic E-state index is 11.4. The van der Waals surface area contributed by atoms with Gasteiger partial charge in [-0.05, 0) is 29.8 Å². The van der Waals surface area contributed by atoms with Gasteiger partial charge in [0.05, 0.1) is 29.9 Å². The van der Waals surface area contributed by atoms with Crippen molar-refractivity contribution in [3.05, 3.63) is 64.4 Å². The van der Waals surface area contributed by atoms with Crippen LogP contribution in [0.4, 0.5) is 0 Å². The van der Waals surface area contributed by atoms with Crippen molar-refractivity contribution in [2.45, 2.75) is 13.1 Å². The van der Waals surface area contributed by atoms with Crippen LogP contribution in [0.25, 0.3) is 0 Å². The number of rotatable bonds is 6. The molecule has 8 heteroatoms. The van der Waals surface area contributed by atoms with Crippen LogP contribution in [-0.2, 0) is 28.7 Å². The molecule has 0 aliphatic heterocycles. The van der Waals surface area contributed by atoms with Gasteiger partial charge in [-0.2, -0.15) is 4.31 Å². The third-order valence-corrected chi connectivity index (χ3v) is 4.07. The minimum Gasteiger partial charge on any atom is -0.465 e. The summed E-state index contributed by atoms with van der Waals surface area (Å²) in [5.74, 6) is -0.436. The van der Waals surface area contributed by atoms with E-state index in [0.29, 0.717) is 16.3 Å². The Morgan fingerprint density at radius 3 is 2.39 bits per heavy atom. The number of halogens is 1. The van der Waals surface area contributed by atoms with Gasteiger partial charge in [-0.1, -0.05) is 23.7 Å². The van der Waals surface area contributed by atoms with E-state index in [1.165, 1.54) is 17.6 Å². The molecule has 2 rings (SSSR count). The lowest BCUT2D eigenvalue weighted by Crippen LogP contribution is -2.21. The van der Waals surface area contributed by atoms with E-state index >= 15 is 0 Å². The molecule has 1 aromatic heterocycles. The first-order valence-electron chi connectivity index (χ1n) is 6.66. The number of thiol groups is 1. The Hall–Kier alpha value is -1.96. The number of carbonyl (C=O) groups is 1. The number of methoxy groups -OCH3 is 1. The van der Waals surface area contributed by atoms with Crippen molar-refractivity contribution in [2.75, 3.05) is 7.11 Å². The van der Waals surface area contributed by atoms with Gasteiger partial charge in [0.25, 0.3) is 0 Å². The Labute approximate surface area is 140 Å². The number of aromatic nitrogens is 1. The summed E-state index contributed by atoms with van der Waals surface area (Å²) < 4.78 is 28.7. The van der Waals surface area contributed by atoms with Gasteiger partial charge in [-0.3, -0.25) is 4.98 Å². The molecule has 0 aliphatic rings. The zero-order valence-electron chi connectivity index (χ0n) is 12.3. The van der Waals surface area contributed by atoms with Gasteiger partial charge in [0.2, 0.25) is 10.9 Å². The van der Waals surface area contributed by atoms with Gasteiger partial charge >= 0.3 is 5.97 Å². The smallest absolute Gasteiger partial charge is 0.337 e. The van der Waals surface area contributed by atoms with Crippen LogP contribution < -0.4 is 0 Å². The second-order valence-electron chi connectivity index (χ2n) is 4.72. The average Bonchev–Trinajstić information content (AvgIpc) is 2.56. The average molecular weight is 355 g/mol. The predicted octanol–water partition coefficient (Wildman–Crippen LogP) is 2.05. The molecule has 0 saturated heterocycles. The molecule has 23 heavy (non-hydrogen) atoms. The van der Waals surface area contributed by atoms with Gasteiger partial charge in [0.1, 0.15) is 0 Å². The molecule has 0 atom stereocenters. The third kappa shape index (κ3) is 5.02. The summed E-state index contributed by atoms with van der Waals surface area (Å²) in [6.07, 6.45) is 1.47. The lowest BCUT2D eigenvalue weighted by molar-refractivity contribution is 0.0600. The standard InChI is InChI=1S/C15H15ClN2O4S/c1-22-15(19)12-4-2-11(3-5-12)9-18(23(20)21)10-14-7-6-13(16)8-17-14/h2-8,23H,9-10H2,1H3. The molecule has 6 nitrogen and oxygen atoms in total. The largest absolute Gasteiger partial charge is 0.465 e. The van der Waals surface area contributed by atoms with Crippen molar-refractivity contribution in [3.8, 4) is 0 Å². The summed E-state index contributed by atoms with van der Waals surface area (Å²) in [5.41, 5.74) is 1.76. The van der Waals surface area contributed by atoms with Gasteiger partial charge in [-0.15, -0.1) is 0 Å². The first-order chi connectivity index (χ1) is 11.0. The lowest BCUT2D eigenvalue weighted by atomic mass is 10.1. The van der Waals surface area contributed by atoms with E-state index in [0.717, 1.165) is 5.56 Å². The van der Waals surface area contributed by atoms with Crippen molar-refractivity contribution >= 4 is 28.5 Å². The molecule has 0 saturated carbocycles. The monoisotopic (exact) mass is 354 g/mol. The first-order valence-corrected chi connectivity index (χ1v) is 8.17. The Morgan fingerprint density at radius 1 is 1.17 bits per heavy atom. The maximum atomic E-state index is 11.4. The number of hydrogen-bond donors (Lipinski definition) is 1. The zero-order chi connectivity index (χ0) is 16.8. The van der Waals surface area contributed by atoms with Crippen molar-refractivity contribution in [3.63, 3.8) is 0 Å². The summed E-state index contributed by atoms with van der Waals surface area (Å²) in [4.78, 5) is 15.5. The molecule has 1 aromatic carbocycles. The molecule has 0 bridgehead atoms. The van der Waals surface area contributed by atoms with Gasteiger partial charge in [-0.25, -0.2) is 13.2 Å². The van der Waals surface area contributed by atoms with E-state index in [9.17, 15) is 13.2 Å². The van der Waals surface area contributed by atoms with E-state index in [2.05, 4.69) is 9.72 Å². The van der Waals surface area contributed by atoms with Crippen molar-refractivity contribution in [1.82, 2.24) is 9.29 Å². The van der Waals surface area contributed by atoms with E-state index in [1.54, 1.807) is 36.4 Å². The van der Waals surface area contributed by atoms with Crippen LogP contribution in [0.2, 0.25) is 5.02 Å². The van der Waals surface area contributed by atoms with Crippen LogP contribution in [0, 0.1) is 0 Å². The Balaban J connectivity index is 2.10. The normalized spacial score (nSPS) is 11.0. The topological polar surface area (TPSA) is 76.6 Å². The molecule has 0 spiro atoms. The van der Waals surface area contributed by atoms with Crippen LogP contribution in [0.5, 0.6) is 0 Å². The van der Waals surface area contributed by atoms with E-state index in [4.69, 9.17) is 11.6 Å². The number of benzene rings is 1. The fourth-order valence-electron chi connectivity index (χ4n) is 1.93. The van der Waals surface area contributed by atoms with E-state index < -0.39 is 16.9 Å². The molecule has 0 amide bonds. The Kier molecular flexibility index (Phi) is 6.09. The predicted molar refractivity (Wildman–Crippen MR) is 86.6 cm³/mol. The molecule has 0 fully saturated rings. The van der Waals surface area contributed by atoms with E-state index in [-0.39, 0.29) is 13.1 Å². The molecule has 0 aliphatic carbocycles. The molecular weight excluding hydrogens is 340 g/mol. The Bertz CT molecular complexity index is 737. The highest BCUT2D eigenvalue weighted by Gasteiger charge is 2.11. The highest BCUT2D eigenvalue weighted by Crippen LogP contribution is 2.12. The molecule has 0 radical (unpaired) electrons. The van der Waals surface area contributed by atoms with Crippen LogP contribution >= 0.6 is 11.6 Å². The number of nitrogens with zero attached hydrogens (tertiary/aromatic N) is 2.